The maximum atomic E-state index is 12.9. The molecule has 0 bridgehead atoms. The number of amidine groups is 1. The van der Waals surface area contributed by atoms with Crippen molar-refractivity contribution in [2.45, 2.75) is 18.9 Å². The van der Waals surface area contributed by atoms with E-state index in [0.29, 0.717) is 16.4 Å². The van der Waals surface area contributed by atoms with Gasteiger partial charge >= 0.3 is 0 Å². The molecule has 5 nitrogen and oxygen atoms in total. The lowest BCUT2D eigenvalue weighted by molar-refractivity contribution is 0.102. The number of benzene rings is 2. The van der Waals surface area contributed by atoms with Gasteiger partial charge in [-0.15, -0.1) is 0 Å². The lowest BCUT2D eigenvalue weighted by atomic mass is 9.88. The number of rotatable bonds is 3. The van der Waals surface area contributed by atoms with E-state index in [1.54, 1.807) is 18.0 Å². The molecule has 2 heterocycles. The van der Waals surface area contributed by atoms with E-state index in [0.717, 1.165) is 28.6 Å². The Balaban J connectivity index is 1.64. The minimum atomic E-state index is -0.396. The van der Waals surface area contributed by atoms with E-state index in [9.17, 15) is 4.79 Å². The molecule has 1 unspecified atom stereocenters. The van der Waals surface area contributed by atoms with Crippen molar-refractivity contribution < 1.29 is 4.79 Å². The van der Waals surface area contributed by atoms with Crippen LogP contribution in [0.3, 0.4) is 0 Å². The summed E-state index contributed by atoms with van der Waals surface area (Å²) in [5.74, 6) is 0.755. The fourth-order valence-corrected chi connectivity index (χ4v) is 4.26. The zero-order valence-electron chi connectivity index (χ0n) is 15.0. The predicted molar refractivity (Wildman–Crippen MR) is 112 cm³/mol. The van der Waals surface area contributed by atoms with Gasteiger partial charge in [-0.05, 0) is 43.2 Å². The van der Waals surface area contributed by atoms with E-state index in [4.69, 9.17) is 5.73 Å². The number of carbonyl (C=O) groups is 1. The molecule has 1 atom stereocenters. The number of aliphatic imine (C=N–C) groups is 1. The number of amides is 1. The normalized spacial score (nSPS) is 19.5. The Labute approximate surface area is 162 Å². The number of nitrogens with zero attached hydrogens (tertiary/aromatic N) is 2. The molecule has 0 radical (unpaired) electrons. The van der Waals surface area contributed by atoms with Crippen molar-refractivity contribution >= 4 is 39.4 Å². The maximum Gasteiger partial charge on any atom is 0.255 e. The lowest BCUT2D eigenvalue weighted by Crippen LogP contribution is -2.29. The van der Waals surface area contributed by atoms with E-state index in [1.165, 1.54) is 0 Å². The van der Waals surface area contributed by atoms with Crippen molar-refractivity contribution in [3.63, 3.8) is 0 Å². The molecule has 3 N–H and O–H groups in total. The van der Waals surface area contributed by atoms with Crippen LogP contribution >= 0.6 is 11.8 Å². The fraction of sp³-hybridized carbons (Fsp3) is 0.190. The molecule has 0 fully saturated rings. The van der Waals surface area contributed by atoms with Gasteiger partial charge in [-0.3, -0.25) is 14.8 Å². The SMILES string of the molecule is CC1(c2cccc(C(=O)Nc3cccc4cccnc34)c2)CCSC(N)=N1. The molecule has 6 heteroatoms. The van der Waals surface area contributed by atoms with Crippen LogP contribution in [0.4, 0.5) is 5.69 Å². The monoisotopic (exact) mass is 376 g/mol. The van der Waals surface area contributed by atoms with Crippen LogP contribution in [0, 0.1) is 0 Å². The quantitative estimate of drug-likeness (QED) is 0.719. The topological polar surface area (TPSA) is 80.4 Å². The number of hydrogen-bond donors (Lipinski definition) is 2. The standard InChI is InChI=1S/C21H20N4OS/c1-21(10-12-27-20(22)25-21)16-8-2-6-15(13-16)19(26)24-17-9-3-5-14-7-4-11-23-18(14)17/h2-9,11,13H,10,12H2,1H3,(H2,22,25)(H,24,26). The number of nitrogens with one attached hydrogen (secondary N) is 1. The van der Waals surface area contributed by atoms with Crippen LogP contribution in [0.15, 0.2) is 65.8 Å². The molecule has 0 aliphatic carbocycles. The minimum Gasteiger partial charge on any atom is -0.379 e. The molecule has 1 aliphatic rings. The highest BCUT2D eigenvalue weighted by molar-refractivity contribution is 8.13. The van der Waals surface area contributed by atoms with Crippen LogP contribution in [0.2, 0.25) is 0 Å². The summed E-state index contributed by atoms with van der Waals surface area (Å²) in [7, 11) is 0. The summed E-state index contributed by atoms with van der Waals surface area (Å²) in [6.07, 6.45) is 2.61. The van der Waals surface area contributed by atoms with Crippen LogP contribution in [-0.4, -0.2) is 21.8 Å². The third-order valence-corrected chi connectivity index (χ3v) is 5.62. The van der Waals surface area contributed by atoms with Crippen molar-refractivity contribution in [3.8, 4) is 0 Å². The van der Waals surface area contributed by atoms with Gasteiger partial charge in [-0.25, -0.2) is 0 Å². The first kappa shape index (κ1) is 17.5. The van der Waals surface area contributed by atoms with Gasteiger partial charge in [0.2, 0.25) is 0 Å². The highest BCUT2D eigenvalue weighted by Gasteiger charge is 2.29. The maximum absolute atomic E-state index is 12.9. The molecule has 27 heavy (non-hydrogen) atoms. The van der Waals surface area contributed by atoms with Gasteiger partial charge in [0.15, 0.2) is 5.17 Å². The molecule has 0 saturated heterocycles. The van der Waals surface area contributed by atoms with Gasteiger partial charge in [0.1, 0.15) is 0 Å². The average molecular weight is 376 g/mol. The number of pyridine rings is 1. The van der Waals surface area contributed by atoms with Crippen molar-refractivity contribution in [3.05, 3.63) is 71.9 Å². The highest BCUT2D eigenvalue weighted by atomic mass is 32.2. The second-order valence-electron chi connectivity index (χ2n) is 6.74. The van der Waals surface area contributed by atoms with E-state index >= 15 is 0 Å². The van der Waals surface area contributed by atoms with Gasteiger partial charge < -0.3 is 11.1 Å². The van der Waals surface area contributed by atoms with E-state index in [2.05, 4.69) is 22.2 Å². The van der Waals surface area contributed by atoms with Crippen molar-refractivity contribution in [1.82, 2.24) is 4.98 Å². The van der Waals surface area contributed by atoms with Crippen molar-refractivity contribution in [2.24, 2.45) is 10.7 Å². The first-order chi connectivity index (χ1) is 13.0. The van der Waals surface area contributed by atoms with Crippen LogP contribution in [0.1, 0.15) is 29.3 Å². The first-order valence-electron chi connectivity index (χ1n) is 8.79. The molecule has 1 aliphatic heterocycles. The summed E-state index contributed by atoms with van der Waals surface area (Å²) in [6.45, 7) is 2.06. The largest absolute Gasteiger partial charge is 0.379 e. The molecule has 136 valence electrons. The summed E-state index contributed by atoms with van der Waals surface area (Å²) < 4.78 is 0. The van der Waals surface area contributed by atoms with E-state index in [1.807, 2.05) is 54.6 Å². The predicted octanol–water partition coefficient (Wildman–Crippen LogP) is 4.15. The third-order valence-electron chi connectivity index (χ3n) is 4.82. The number of thioether (sulfide) groups is 1. The molecule has 3 aromatic rings. The van der Waals surface area contributed by atoms with Crippen LogP contribution in [0.5, 0.6) is 0 Å². The minimum absolute atomic E-state index is 0.166. The molecule has 0 spiro atoms. The van der Waals surface area contributed by atoms with Gasteiger partial charge in [0.25, 0.3) is 5.91 Å². The molecule has 2 aromatic carbocycles. The number of para-hydroxylation sites is 1. The molecule has 0 saturated carbocycles. The Morgan fingerprint density at radius 2 is 2.00 bits per heavy atom. The molecule has 4 rings (SSSR count). The third kappa shape index (κ3) is 3.53. The molecular weight excluding hydrogens is 356 g/mol. The number of anilines is 1. The molecule has 1 amide bonds. The summed E-state index contributed by atoms with van der Waals surface area (Å²) >= 11 is 1.57. The van der Waals surface area contributed by atoms with Crippen molar-refractivity contribution in [1.29, 1.82) is 0 Å². The zero-order valence-corrected chi connectivity index (χ0v) is 15.8. The van der Waals surface area contributed by atoms with Gasteiger partial charge in [0, 0.05) is 22.9 Å². The van der Waals surface area contributed by atoms with Gasteiger partial charge in [-0.1, -0.05) is 42.1 Å². The number of carbonyl (C=O) groups excluding carboxylic acids is 1. The molecule has 1 aromatic heterocycles. The Bertz CT molecular complexity index is 1040. The lowest BCUT2D eigenvalue weighted by Gasteiger charge is -2.30. The summed E-state index contributed by atoms with van der Waals surface area (Å²) in [5, 5.41) is 4.57. The number of fused-ring (bicyclic) bond motifs is 1. The van der Waals surface area contributed by atoms with Gasteiger partial charge in [-0.2, -0.15) is 0 Å². The first-order valence-corrected chi connectivity index (χ1v) is 9.77. The summed E-state index contributed by atoms with van der Waals surface area (Å²) in [6, 6.07) is 17.2. The Morgan fingerprint density at radius 3 is 2.85 bits per heavy atom. The smallest absolute Gasteiger partial charge is 0.255 e. The fourth-order valence-electron chi connectivity index (χ4n) is 3.29. The Morgan fingerprint density at radius 1 is 1.19 bits per heavy atom. The Kier molecular flexibility index (Phi) is 4.58. The van der Waals surface area contributed by atoms with Crippen LogP contribution in [0.25, 0.3) is 10.9 Å². The summed E-state index contributed by atoms with van der Waals surface area (Å²) in [4.78, 5) is 21.9. The van der Waals surface area contributed by atoms with Crippen LogP contribution in [-0.2, 0) is 5.54 Å². The number of aromatic nitrogens is 1. The summed E-state index contributed by atoms with van der Waals surface area (Å²) in [5.41, 5.74) is 8.59. The van der Waals surface area contributed by atoms with Gasteiger partial charge in [0.05, 0.1) is 16.7 Å². The van der Waals surface area contributed by atoms with Crippen LogP contribution < -0.4 is 11.1 Å². The van der Waals surface area contributed by atoms with Crippen molar-refractivity contribution in [2.75, 3.05) is 11.1 Å². The highest BCUT2D eigenvalue weighted by Crippen LogP contribution is 2.35. The second kappa shape index (κ2) is 7.04. The second-order valence-corrected chi connectivity index (χ2v) is 7.85. The molecular formula is C21H20N4OS. The average Bonchev–Trinajstić information content (AvgIpc) is 2.68. The Hall–Kier alpha value is -2.86. The number of hydrogen-bond acceptors (Lipinski definition) is 5. The van der Waals surface area contributed by atoms with E-state index in [-0.39, 0.29) is 5.91 Å². The zero-order chi connectivity index (χ0) is 18.9. The van der Waals surface area contributed by atoms with E-state index < -0.39 is 5.54 Å². The number of nitrogens with two attached hydrogens (primary N) is 1.